The summed E-state index contributed by atoms with van der Waals surface area (Å²) in [5, 5.41) is 3.07. The lowest BCUT2D eigenvalue weighted by Crippen LogP contribution is -2.21. The summed E-state index contributed by atoms with van der Waals surface area (Å²) >= 11 is 1.33. The van der Waals surface area contributed by atoms with E-state index < -0.39 is 24.5 Å². The van der Waals surface area contributed by atoms with Gasteiger partial charge in [-0.15, -0.1) is 11.3 Å². The highest BCUT2D eigenvalue weighted by molar-refractivity contribution is 7.17. The highest BCUT2D eigenvalue weighted by Gasteiger charge is 2.23. The number of hydrogen-bond acceptors (Lipinski definition) is 7. The van der Waals surface area contributed by atoms with E-state index in [1.54, 1.807) is 19.1 Å². The topological polar surface area (TPSA) is 94.8 Å². The maximum Gasteiger partial charge on any atom is 0.341 e. The fourth-order valence-corrected chi connectivity index (χ4v) is 3.65. The first-order valence-electron chi connectivity index (χ1n) is 8.73. The highest BCUT2D eigenvalue weighted by atomic mass is 32.1. The first-order valence-corrected chi connectivity index (χ1v) is 9.55. The maximum absolute atomic E-state index is 12.2. The number of carbonyl (C=O) groups is 3. The molecular weight excluding hydrogens is 370 g/mol. The van der Waals surface area contributed by atoms with Gasteiger partial charge in [0.05, 0.1) is 24.9 Å². The van der Waals surface area contributed by atoms with Crippen LogP contribution in [0.25, 0.3) is 0 Å². The van der Waals surface area contributed by atoms with Crippen molar-refractivity contribution in [3.63, 3.8) is 0 Å². The molecule has 2 aromatic rings. The number of anilines is 1. The van der Waals surface area contributed by atoms with Gasteiger partial charge in [-0.25, -0.2) is 4.79 Å². The summed E-state index contributed by atoms with van der Waals surface area (Å²) in [5.74, 6) is -0.798. The van der Waals surface area contributed by atoms with Crippen molar-refractivity contribution in [3.8, 4) is 0 Å². The number of rotatable bonds is 9. The third-order valence-corrected chi connectivity index (χ3v) is 5.17. The van der Waals surface area contributed by atoms with Crippen molar-refractivity contribution >= 4 is 34.2 Å². The van der Waals surface area contributed by atoms with E-state index in [0.29, 0.717) is 22.7 Å². The Morgan fingerprint density at radius 2 is 2.00 bits per heavy atom. The summed E-state index contributed by atoms with van der Waals surface area (Å²) in [6, 6.07) is 3.50. The van der Waals surface area contributed by atoms with Gasteiger partial charge >= 0.3 is 11.9 Å². The summed E-state index contributed by atoms with van der Waals surface area (Å²) in [5.41, 5.74) is 1.16. The number of amides is 1. The number of carbonyl (C=O) groups excluding carboxylic acids is 3. The van der Waals surface area contributed by atoms with E-state index in [9.17, 15) is 14.4 Å². The van der Waals surface area contributed by atoms with Gasteiger partial charge in [-0.3, -0.25) is 9.59 Å². The summed E-state index contributed by atoms with van der Waals surface area (Å²) in [4.78, 5) is 37.1. The fourth-order valence-electron chi connectivity index (χ4n) is 2.50. The first kappa shape index (κ1) is 20.7. The van der Waals surface area contributed by atoms with E-state index >= 15 is 0 Å². The molecule has 0 spiro atoms. The number of ether oxygens (including phenoxy) is 2. The Bertz CT molecular complexity index is 793. The Hall–Kier alpha value is -2.61. The van der Waals surface area contributed by atoms with Crippen LogP contribution in [0.1, 0.15) is 46.8 Å². The molecule has 2 rings (SSSR count). The molecule has 0 radical (unpaired) electrons. The quantitative estimate of drug-likeness (QED) is 0.655. The largest absolute Gasteiger partial charge is 0.469 e. The molecule has 146 valence electrons. The lowest BCUT2D eigenvalue weighted by molar-refractivity contribution is -0.147. The SMILES string of the molecule is CCOC(=O)c1c(NC(=O)COC(=O)CCc2ccco2)sc(CC)c1C. The zero-order chi connectivity index (χ0) is 19.8. The maximum atomic E-state index is 12.2. The van der Waals surface area contributed by atoms with Crippen LogP contribution in [0.4, 0.5) is 5.00 Å². The third kappa shape index (κ3) is 5.68. The van der Waals surface area contributed by atoms with E-state index in [-0.39, 0.29) is 13.0 Å². The summed E-state index contributed by atoms with van der Waals surface area (Å²) < 4.78 is 15.2. The molecule has 0 aliphatic heterocycles. The van der Waals surface area contributed by atoms with E-state index in [1.165, 1.54) is 17.6 Å². The van der Waals surface area contributed by atoms with Crippen LogP contribution in [0, 0.1) is 6.92 Å². The van der Waals surface area contributed by atoms with Crippen molar-refractivity contribution < 1.29 is 28.3 Å². The number of hydrogen-bond donors (Lipinski definition) is 1. The Balaban J connectivity index is 1.92. The number of nitrogens with one attached hydrogen (secondary N) is 1. The minimum Gasteiger partial charge on any atom is -0.469 e. The monoisotopic (exact) mass is 393 g/mol. The standard InChI is InChI=1S/C19H23NO6S/c1-4-14-12(3)17(19(23)24-5-2)18(27-14)20-15(21)11-26-16(22)9-8-13-7-6-10-25-13/h6-7,10H,4-5,8-9,11H2,1-3H3,(H,20,21). The smallest absolute Gasteiger partial charge is 0.341 e. The van der Waals surface area contributed by atoms with Gasteiger partial charge in [-0.2, -0.15) is 0 Å². The second-order valence-electron chi connectivity index (χ2n) is 5.72. The van der Waals surface area contributed by atoms with E-state index in [1.807, 2.05) is 13.8 Å². The van der Waals surface area contributed by atoms with Crippen LogP contribution >= 0.6 is 11.3 Å². The molecule has 0 atom stereocenters. The second kappa shape index (κ2) is 9.91. The molecule has 0 bridgehead atoms. The van der Waals surface area contributed by atoms with E-state index in [4.69, 9.17) is 13.9 Å². The summed E-state index contributed by atoms with van der Waals surface area (Å²) in [6.07, 6.45) is 2.79. The summed E-state index contributed by atoms with van der Waals surface area (Å²) in [7, 11) is 0. The van der Waals surface area contributed by atoms with Gasteiger partial charge in [0, 0.05) is 11.3 Å². The van der Waals surface area contributed by atoms with Crippen LogP contribution in [0.15, 0.2) is 22.8 Å². The predicted molar refractivity (Wildman–Crippen MR) is 101 cm³/mol. The molecule has 7 nitrogen and oxygen atoms in total. The zero-order valence-corrected chi connectivity index (χ0v) is 16.4. The van der Waals surface area contributed by atoms with Crippen molar-refractivity contribution in [2.75, 3.05) is 18.5 Å². The zero-order valence-electron chi connectivity index (χ0n) is 15.6. The molecule has 0 unspecified atom stereocenters. The van der Waals surface area contributed by atoms with Crippen LogP contribution in [0.3, 0.4) is 0 Å². The summed E-state index contributed by atoms with van der Waals surface area (Å²) in [6.45, 7) is 5.35. The Morgan fingerprint density at radius 1 is 1.22 bits per heavy atom. The van der Waals surface area contributed by atoms with Crippen LogP contribution in [-0.2, 0) is 31.9 Å². The van der Waals surface area contributed by atoms with Crippen molar-refractivity contribution in [3.05, 3.63) is 40.2 Å². The van der Waals surface area contributed by atoms with Gasteiger partial charge in [0.15, 0.2) is 6.61 Å². The first-order chi connectivity index (χ1) is 13.0. The number of furan rings is 1. The fraction of sp³-hybridized carbons (Fsp3) is 0.421. The minimum atomic E-state index is -0.504. The number of esters is 2. The highest BCUT2D eigenvalue weighted by Crippen LogP contribution is 2.34. The molecule has 0 fully saturated rings. The molecule has 1 N–H and O–H groups in total. The number of aryl methyl sites for hydroxylation is 2. The van der Waals surface area contributed by atoms with Gasteiger partial charge in [0.25, 0.3) is 5.91 Å². The Labute approximate surface area is 161 Å². The lowest BCUT2D eigenvalue weighted by Gasteiger charge is -2.08. The van der Waals surface area contributed by atoms with Gasteiger partial charge in [0.2, 0.25) is 0 Å². The predicted octanol–water partition coefficient (Wildman–Crippen LogP) is 3.50. The van der Waals surface area contributed by atoms with Crippen molar-refractivity contribution in [1.82, 2.24) is 0 Å². The van der Waals surface area contributed by atoms with Crippen molar-refractivity contribution in [2.24, 2.45) is 0 Å². The Morgan fingerprint density at radius 3 is 2.63 bits per heavy atom. The van der Waals surface area contributed by atoms with Crippen LogP contribution in [0.2, 0.25) is 0 Å². The lowest BCUT2D eigenvalue weighted by atomic mass is 10.1. The molecule has 0 aliphatic rings. The second-order valence-corrected chi connectivity index (χ2v) is 6.82. The van der Waals surface area contributed by atoms with Crippen LogP contribution in [0.5, 0.6) is 0 Å². The van der Waals surface area contributed by atoms with Gasteiger partial charge in [-0.05, 0) is 38.0 Å². The average molecular weight is 393 g/mol. The van der Waals surface area contributed by atoms with Crippen molar-refractivity contribution in [2.45, 2.75) is 40.0 Å². The van der Waals surface area contributed by atoms with Gasteiger partial charge in [0.1, 0.15) is 10.8 Å². The molecule has 2 heterocycles. The molecule has 2 aromatic heterocycles. The van der Waals surface area contributed by atoms with E-state index in [2.05, 4.69) is 5.32 Å². The molecular formula is C19H23NO6S. The molecule has 0 aliphatic carbocycles. The minimum absolute atomic E-state index is 0.118. The molecule has 0 saturated carbocycles. The van der Waals surface area contributed by atoms with Gasteiger partial charge in [-0.1, -0.05) is 6.92 Å². The molecule has 8 heteroatoms. The molecule has 1 amide bonds. The average Bonchev–Trinajstić information content (AvgIpc) is 3.26. The Kier molecular flexibility index (Phi) is 7.60. The normalized spacial score (nSPS) is 10.5. The van der Waals surface area contributed by atoms with Gasteiger partial charge < -0.3 is 19.2 Å². The number of thiophene rings is 1. The molecule has 27 heavy (non-hydrogen) atoms. The van der Waals surface area contributed by atoms with Crippen molar-refractivity contribution in [1.29, 1.82) is 0 Å². The van der Waals surface area contributed by atoms with Crippen LogP contribution < -0.4 is 5.32 Å². The van der Waals surface area contributed by atoms with E-state index in [0.717, 1.165) is 16.9 Å². The molecule has 0 aromatic carbocycles. The van der Waals surface area contributed by atoms with Crippen LogP contribution in [-0.4, -0.2) is 31.1 Å². The third-order valence-electron chi connectivity index (χ3n) is 3.82. The molecule has 0 saturated heterocycles.